The lowest BCUT2D eigenvalue weighted by molar-refractivity contribution is 0.180. The summed E-state index contributed by atoms with van der Waals surface area (Å²) in [6, 6.07) is 4.78. The maximum Gasteiger partial charge on any atom is 0.220 e. The number of halogens is 3. The Labute approximate surface area is 174 Å². The summed E-state index contributed by atoms with van der Waals surface area (Å²) in [6.45, 7) is 3.51. The molecule has 0 aliphatic carbocycles. The van der Waals surface area contributed by atoms with Gasteiger partial charge in [0.25, 0.3) is 0 Å². The number of hydrogen-bond donors (Lipinski definition) is 0. The molecule has 0 bridgehead atoms. The van der Waals surface area contributed by atoms with Gasteiger partial charge in [-0.25, -0.2) is 4.99 Å². The topological polar surface area (TPSA) is 47.0 Å². The van der Waals surface area contributed by atoms with E-state index < -0.39 is 5.97 Å². The van der Waals surface area contributed by atoms with Crippen molar-refractivity contribution in [3.05, 3.63) is 46.2 Å². The largest absolute Gasteiger partial charge is 0.493 e. The molecular formula is C20H22Cl2FN3O2. The Morgan fingerprint density at radius 3 is 2.54 bits per heavy atom. The van der Waals surface area contributed by atoms with Crippen LogP contribution in [0.4, 0.5) is 10.1 Å². The van der Waals surface area contributed by atoms with Gasteiger partial charge in [0.2, 0.25) is 5.97 Å². The number of pyridine rings is 1. The standard InChI is InChI=1S/C20H22Cl2FN3O2/c1-27-17-6-5-14(20(23)25-19-15(21)12-24-13-16(19)22)11-18(17)28-10-9-26-7-3-2-4-8-26/h5-6,11-13H,2-4,7-10H2,1H3. The summed E-state index contributed by atoms with van der Waals surface area (Å²) in [5, 5.41) is 0.350. The zero-order chi connectivity index (χ0) is 19.9. The summed E-state index contributed by atoms with van der Waals surface area (Å²) in [7, 11) is 1.55. The highest BCUT2D eigenvalue weighted by molar-refractivity contribution is 6.38. The van der Waals surface area contributed by atoms with Crippen molar-refractivity contribution in [2.75, 3.05) is 33.4 Å². The van der Waals surface area contributed by atoms with Gasteiger partial charge in [0, 0.05) is 24.5 Å². The maximum absolute atomic E-state index is 14.7. The molecule has 150 valence electrons. The highest BCUT2D eigenvalue weighted by Gasteiger charge is 2.14. The van der Waals surface area contributed by atoms with E-state index in [1.807, 2.05) is 0 Å². The molecule has 1 fully saturated rings. The molecule has 28 heavy (non-hydrogen) atoms. The number of benzene rings is 1. The van der Waals surface area contributed by atoms with E-state index in [-0.39, 0.29) is 21.3 Å². The molecule has 1 saturated heterocycles. The van der Waals surface area contributed by atoms with Crippen LogP contribution in [0.15, 0.2) is 35.6 Å². The van der Waals surface area contributed by atoms with Crippen LogP contribution in [0.2, 0.25) is 10.0 Å². The van der Waals surface area contributed by atoms with Gasteiger partial charge in [-0.1, -0.05) is 29.6 Å². The van der Waals surface area contributed by atoms with Gasteiger partial charge in [0.05, 0.1) is 17.2 Å². The molecular weight excluding hydrogens is 404 g/mol. The molecule has 0 unspecified atom stereocenters. The van der Waals surface area contributed by atoms with E-state index in [2.05, 4.69) is 14.9 Å². The maximum atomic E-state index is 14.7. The van der Waals surface area contributed by atoms with Crippen LogP contribution in [0.5, 0.6) is 11.5 Å². The van der Waals surface area contributed by atoms with E-state index in [9.17, 15) is 4.39 Å². The van der Waals surface area contributed by atoms with Crippen molar-refractivity contribution in [2.24, 2.45) is 4.99 Å². The number of aliphatic imine (C=N–C) groups is 1. The van der Waals surface area contributed by atoms with Crippen LogP contribution in [-0.2, 0) is 0 Å². The number of methoxy groups -OCH3 is 1. The van der Waals surface area contributed by atoms with Gasteiger partial charge < -0.3 is 9.47 Å². The summed E-state index contributed by atoms with van der Waals surface area (Å²) in [5.41, 5.74) is 0.386. The Morgan fingerprint density at radius 2 is 1.86 bits per heavy atom. The second-order valence-electron chi connectivity index (χ2n) is 6.47. The normalized spacial score (nSPS) is 15.5. The van der Waals surface area contributed by atoms with Gasteiger partial charge in [0.1, 0.15) is 12.3 Å². The monoisotopic (exact) mass is 425 g/mol. The van der Waals surface area contributed by atoms with Gasteiger partial charge >= 0.3 is 0 Å². The molecule has 0 atom stereocenters. The van der Waals surface area contributed by atoms with E-state index >= 15 is 0 Å². The van der Waals surface area contributed by atoms with Crippen LogP contribution < -0.4 is 9.47 Å². The molecule has 0 spiro atoms. The van der Waals surface area contributed by atoms with Crippen molar-refractivity contribution in [3.63, 3.8) is 0 Å². The molecule has 1 aliphatic heterocycles. The lowest BCUT2D eigenvalue weighted by atomic mass is 10.1. The summed E-state index contributed by atoms with van der Waals surface area (Å²) in [5.74, 6) is 0.281. The van der Waals surface area contributed by atoms with Gasteiger partial charge in [-0.05, 0) is 44.1 Å². The van der Waals surface area contributed by atoms with Crippen molar-refractivity contribution in [1.29, 1.82) is 0 Å². The predicted octanol–water partition coefficient (Wildman–Crippen LogP) is 5.31. The number of rotatable bonds is 7. The fraction of sp³-hybridized carbons (Fsp3) is 0.400. The van der Waals surface area contributed by atoms with E-state index in [1.54, 1.807) is 25.3 Å². The zero-order valence-electron chi connectivity index (χ0n) is 15.6. The first-order chi connectivity index (χ1) is 13.6. The SMILES string of the molecule is COc1ccc(C(F)=Nc2c(Cl)cncc2Cl)cc1OCCN1CCCCC1. The first kappa shape index (κ1) is 20.8. The Bertz CT molecular complexity index is 822. The van der Waals surface area contributed by atoms with E-state index in [1.165, 1.54) is 31.7 Å². The lowest BCUT2D eigenvalue weighted by Crippen LogP contribution is -2.33. The molecule has 0 amide bonds. The summed E-state index contributed by atoms with van der Waals surface area (Å²) >= 11 is 12.0. The number of aromatic nitrogens is 1. The van der Waals surface area contributed by atoms with Crippen molar-refractivity contribution < 1.29 is 13.9 Å². The number of likely N-dealkylation sites (tertiary alicyclic amines) is 1. The first-order valence-electron chi connectivity index (χ1n) is 9.15. The Hall–Kier alpha value is -1.89. The van der Waals surface area contributed by atoms with Crippen LogP contribution in [0.3, 0.4) is 0 Å². The average molecular weight is 426 g/mol. The minimum absolute atomic E-state index is 0.138. The zero-order valence-corrected chi connectivity index (χ0v) is 17.1. The van der Waals surface area contributed by atoms with Gasteiger partial charge in [-0.3, -0.25) is 9.88 Å². The molecule has 8 heteroatoms. The third-order valence-corrected chi connectivity index (χ3v) is 5.11. The molecule has 3 rings (SSSR count). The van der Waals surface area contributed by atoms with Crippen LogP contribution in [0, 0.1) is 0 Å². The second-order valence-corrected chi connectivity index (χ2v) is 7.29. The second kappa shape index (κ2) is 10.0. The Balaban J connectivity index is 1.75. The molecule has 1 aromatic heterocycles. The van der Waals surface area contributed by atoms with E-state index in [4.69, 9.17) is 32.7 Å². The first-order valence-corrected chi connectivity index (χ1v) is 9.91. The number of hydrogen-bond acceptors (Lipinski definition) is 5. The molecule has 5 nitrogen and oxygen atoms in total. The quantitative estimate of drug-likeness (QED) is 0.563. The number of piperidine rings is 1. The molecule has 2 heterocycles. The molecule has 1 aromatic carbocycles. The third kappa shape index (κ3) is 5.34. The number of nitrogens with zero attached hydrogens (tertiary/aromatic N) is 3. The lowest BCUT2D eigenvalue weighted by Gasteiger charge is -2.26. The van der Waals surface area contributed by atoms with Crippen LogP contribution in [0.1, 0.15) is 24.8 Å². The van der Waals surface area contributed by atoms with Crippen LogP contribution >= 0.6 is 23.2 Å². The van der Waals surface area contributed by atoms with E-state index in [0.717, 1.165) is 19.6 Å². The fourth-order valence-electron chi connectivity index (χ4n) is 3.06. The highest BCUT2D eigenvalue weighted by atomic mass is 35.5. The third-order valence-electron chi connectivity index (χ3n) is 4.55. The summed E-state index contributed by atoms with van der Waals surface area (Å²) < 4.78 is 25.9. The van der Waals surface area contributed by atoms with Crippen molar-refractivity contribution in [3.8, 4) is 11.5 Å². The predicted molar refractivity (Wildman–Crippen MR) is 110 cm³/mol. The minimum Gasteiger partial charge on any atom is -0.493 e. The van der Waals surface area contributed by atoms with Crippen molar-refractivity contribution >= 4 is 34.9 Å². The van der Waals surface area contributed by atoms with E-state index in [0.29, 0.717) is 18.1 Å². The highest BCUT2D eigenvalue weighted by Crippen LogP contribution is 2.33. The molecule has 0 saturated carbocycles. The van der Waals surface area contributed by atoms with Crippen molar-refractivity contribution in [1.82, 2.24) is 9.88 Å². The molecule has 0 N–H and O–H groups in total. The Morgan fingerprint density at radius 1 is 1.14 bits per heavy atom. The van der Waals surface area contributed by atoms with Crippen molar-refractivity contribution in [2.45, 2.75) is 19.3 Å². The summed E-state index contributed by atoms with van der Waals surface area (Å²) in [6.07, 6.45) is 6.46. The van der Waals surface area contributed by atoms with Gasteiger partial charge in [-0.2, -0.15) is 4.39 Å². The molecule has 1 aliphatic rings. The minimum atomic E-state index is -0.724. The molecule has 0 radical (unpaired) electrons. The fourth-order valence-corrected chi connectivity index (χ4v) is 3.51. The van der Waals surface area contributed by atoms with Crippen LogP contribution in [-0.4, -0.2) is 49.2 Å². The smallest absolute Gasteiger partial charge is 0.220 e. The number of ether oxygens (including phenoxy) is 2. The van der Waals surface area contributed by atoms with Gasteiger partial charge in [-0.15, -0.1) is 0 Å². The van der Waals surface area contributed by atoms with Crippen LogP contribution in [0.25, 0.3) is 0 Å². The Kier molecular flexibility index (Phi) is 7.48. The molecule has 2 aromatic rings. The average Bonchev–Trinajstić information content (AvgIpc) is 2.71. The summed E-state index contributed by atoms with van der Waals surface area (Å²) in [4.78, 5) is 10.1. The van der Waals surface area contributed by atoms with Gasteiger partial charge in [0.15, 0.2) is 11.5 Å².